The molecule has 1 saturated heterocycles. The van der Waals surface area contributed by atoms with Crippen LogP contribution in [0.5, 0.6) is 0 Å². The average molecular weight is 444 g/mol. The summed E-state index contributed by atoms with van der Waals surface area (Å²) in [6.45, 7) is 9.46. The molecule has 3 heterocycles. The van der Waals surface area contributed by atoms with Crippen molar-refractivity contribution >= 4 is 34.7 Å². The highest BCUT2D eigenvalue weighted by molar-refractivity contribution is 6.33. The molecule has 0 saturated carbocycles. The van der Waals surface area contributed by atoms with Crippen molar-refractivity contribution in [2.24, 2.45) is 0 Å². The monoisotopic (exact) mass is 443 g/mol. The molecular weight excluding hydrogens is 414 g/mol. The first-order chi connectivity index (χ1) is 14.8. The Labute approximate surface area is 187 Å². The Bertz CT molecular complexity index is 1050. The molecule has 166 valence electrons. The molecule has 3 aliphatic heterocycles. The van der Waals surface area contributed by atoms with Crippen LogP contribution in [0.25, 0.3) is 11.4 Å². The Hall–Kier alpha value is -2.58. The summed E-state index contributed by atoms with van der Waals surface area (Å²) in [6, 6.07) is 5.60. The number of halogens is 1. The van der Waals surface area contributed by atoms with Gasteiger partial charge < -0.3 is 25.6 Å². The number of aliphatic hydroxyl groups excluding tert-OH is 1. The van der Waals surface area contributed by atoms with Crippen LogP contribution in [-0.4, -0.2) is 44.0 Å². The maximum Gasteiger partial charge on any atom is 0.208 e. The smallest absolute Gasteiger partial charge is 0.208 e. The third kappa shape index (κ3) is 3.90. The highest BCUT2D eigenvalue weighted by Crippen LogP contribution is 2.40. The number of nitrogens with zero attached hydrogens (tertiary/aromatic N) is 5. The quantitative estimate of drug-likeness (QED) is 0.484. The van der Waals surface area contributed by atoms with Gasteiger partial charge in [0.1, 0.15) is 0 Å². The zero-order valence-corrected chi connectivity index (χ0v) is 19.2. The zero-order valence-electron chi connectivity index (χ0n) is 18.4. The van der Waals surface area contributed by atoms with Gasteiger partial charge in [0, 0.05) is 18.3 Å². The molecule has 4 N–H and O–H groups in total. The summed E-state index contributed by atoms with van der Waals surface area (Å²) >= 11 is 6.23. The Balaban J connectivity index is 1.92. The number of benzene rings is 1. The van der Waals surface area contributed by atoms with E-state index in [-0.39, 0.29) is 24.6 Å². The lowest BCUT2D eigenvalue weighted by molar-refractivity contribution is 0.264. The molecular formula is C22H30ClN7O. The average Bonchev–Trinajstić information content (AvgIpc) is 3.37. The van der Waals surface area contributed by atoms with Crippen LogP contribution in [0.15, 0.2) is 18.2 Å². The molecule has 1 fully saturated rings. The van der Waals surface area contributed by atoms with Gasteiger partial charge in [0.15, 0.2) is 11.5 Å². The predicted molar refractivity (Wildman–Crippen MR) is 126 cm³/mol. The van der Waals surface area contributed by atoms with Crippen molar-refractivity contribution < 1.29 is 5.11 Å². The molecule has 4 rings (SSSR count). The van der Waals surface area contributed by atoms with Crippen LogP contribution in [0.1, 0.15) is 58.2 Å². The van der Waals surface area contributed by atoms with Crippen molar-refractivity contribution in [1.82, 2.24) is 19.7 Å². The lowest BCUT2D eigenvalue weighted by atomic mass is 10.1. The summed E-state index contributed by atoms with van der Waals surface area (Å²) in [5.41, 5.74) is 9.79. The summed E-state index contributed by atoms with van der Waals surface area (Å²) in [5, 5.41) is 22.8. The van der Waals surface area contributed by atoms with E-state index in [4.69, 9.17) is 22.3 Å². The Morgan fingerprint density at radius 2 is 2.03 bits per heavy atom. The van der Waals surface area contributed by atoms with E-state index in [9.17, 15) is 5.11 Å². The Morgan fingerprint density at radius 3 is 2.68 bits per heavy atom. The number of anilines is 4. The van der Waals surface area contributed by atoms with E-state index in [0.717, 1.165) is 42.4 Å². The topological polar surface area (TPSA) is 105 Å². The third-order valence-corrected chi connectivity index (χ3v) is 6.12. The minimum atomic E-state index is 0.0483. The van der Waals surface area contributed by atoms with E-state index in [1.54, 1.807) is 12.1 Å². The van der Waals surface area contributed by atoms with E-state index >= 15 is 0 Å². The number of hydrogen-bond donors (Lipinski definition) is 3. The van der Waals surface area contributed by atoms with Gasteiger partial charge in [-0.05, 0) is 50.8 Å². The Morgan fingerprint density at radius 1 is 1.26 bits per heavy atom. The summed E-state index contributed by atoms with van der Waals surface area (Å²) in [5.74, 6) is 1.64. The van der Waals surface area contributed by atoms with Crippen molar-refractivity contribution in [2.75, 3.05) is 29.1 Å². The number of aromatic nitrogens is 4. The highest BCUT2D eigenvalue weighted by Gasteiger charge is 2.33. The summed E-state index contributed by atoms with van der Waals surface area (Å²) in [4.78, 5) is 7.22. The fraction of sp³-hybridized carbons (Fsp3) is 0.500. The van der Waals surface area contributed by atoms with Crippen LogP contribution in [0.2, 0.25) is 5.02 Å². The maximum atomic E-state index is 9.96. The molecule has 0 radical (unpaired) electrons. The molecule has 0 spiro atoms. The van der Waals surface area contributed by atoms with Crippen LogP contribution in [0, 0.1) is 0 Å². The highest BCUT2D eigenvalue weighted by atomic mass is 35.5. The standard InChI is InChI=1S/C22H30ClN7O/c1-12(2)18-20-19(28-27-18)21(25-14-7-8-17(24)16(23)10-14)26-22(30(20)13(3)4)29-9-5-6-15(29)11-31/h7-8,10,12-13,15,25,31H,5-6,9,11,24H2,1-4H3. The van der Waals surface area contributed by atoms with Crippen LogP contribution in [-0.2, 0) is 0 Å². The first-order valence-electron chi connectivity index (χ1n) is 10.8. The molecule has 9 heteroatoms. The largest absolute Gasteiger partial charge is 0.398 e. The second-order valence-corrected chi connectivity index (χ2v) is 9.10. The van der Waals surface area contributed by atoms with E-state index in [2.05, 4.69) is 52.7 Å². The van der Waals surface area contributed by atoms with E-state index in [1.807, 2.05) is 6.07 Å². The number of nitrogen functional groups attached to an aromatic ring is 1. The van der Waals surface area contributed by atoms with Crippen molar-refractivity contribution in [3.8, 4) is 11.4 Å². The van der Waals surface area contributed by atoms with E-state index < -0.39 is 0 Å². The number of aliphatic hydroxyl groups is 1. The Kier molecular flexibility index (Phi) is 5.94. The maximum absolute atomic E-state index is 9.96. The van der Waals surface area contributed by atoms with Crippen molar-refractivity contribution in [1.29, 1.82) is 0 Å². The minimum Gasteiger partial charge on any atom is -0.398 e. The van der Waals surface area contributed by atoms with Gasteiger partial charge in [0.25, 0.3) is 0 Å². The molecule has 1 aromatic carbocycles. The number of nitrogens with two attached hydrogens (primary N) is 1. The number of fused-ring (bicyclic) bond motifs is 1. The molecule has 31 heavy (non-hydrogen) atoms. The van der Waals surface area contributed by atoms with Gasteiger partial charge in [-0.3, -0.25) is 0 Å². The molecule has 1 atom stereocenters. The van der Waals surface area contributed by atoms with Crippen LogP contribution in [0.4, 0.5) is 23.1 Å². The summed E-state index contributed by atoms with van der Waals surface area (Å²) < 4.78 is 2.21. The van der Waals surface area contributed by atoms with Gasteiger partial charge >= 0.3 is 0 Å². The lowest BCUT2D eigenvalue weighted by Crippen LogP contribution is -2.36. The molecule has 1 aromatic rings. The fourth-order valence-corrected chi connectivity index (χ4v) is 4.40. The van der Waals surface area contributed by atoms with Crippen LogP contribution < -0.4 is 16.0 Å². The molecule has 1 unspecified atom stereocenters. The predicted octanol–water partition coefficient (Wildman–Crippen LogP) is 4.42. The molecule has 0 bridgehead atoms. The normalized spacial score (nSPS) is 16.8. The zero-order chi connectivity index (χ0) is 22.3. The first kappa shape index (κ1) is 21.6. The molecule has 8 nitrogen and oxygen atoms in total. The van der Waals surface area contributed by atoms with Crippen molar-refractivity contribution in [3.63, 3.8) is 0 Å². The first-order valence-corrected chi connectivity index (χ1v) is 11.2. The van der Waals surface area contributed by atoms with Gasteiger partial charge in [-0.1, -0.05) is 25.4 Å². The van der Waals surface area contributed by atoms with Crippen LogP contribution >= 0.6 is 11.6 Å². The molecule has 0 aliphatic carbocycles. The number of rotatable bonds is 6. The van der Waals surface area contributed by atoms with E-state index in [0.29, 0.717) is 22.2 Å². The van der Waals surface area contributed by atoms with Crippen molar-refractivity contribution in [3.05, 3.63) is 28.9 Å². The third-order valence-electron chi connectivity index (χ3n) is 5.79. The summed E-state index contributed by atoms with van der Waals surface area (Å²) in [6.07, 6.45) is 1.97. The van der Waals surface area contributed by atoms with Crippen LogP contribution in [0.3, 0.4) is 0 Å². The van der Waals surface area contributed by atoms with Gasteiger partial charge in [-0.2, -0.15) is 10.1 Å². The SMILES string of the molecule is CC(C)c1nnc2c(Nc3ccc(N)c(Cl)c3)nc(N3CCCC3CO)n(C(C)C)c1-2. The minimum absolute atomic E-state index is 0.0483. The number of hydrogen-bond acceptors (Lipinski definition) is 7. The molecule has 0 amide bonds. The van der Waals surface area contributed by atoms with Gasteiger partial charge in [0.05, 0.1) is 34.7 Å². The summed E-state index contributed by atoms with van der Waals surface area (Å²) in [7, 11) is 0. The lowest BCUT2D eigenvalue weighted by Gasteiger charge is -2.31. The second-order valence-electron chi connectivity index (χ2n) is 8.69. The fourth-order valence-electron chi connectivity index (χ4n) is 4.22. The molecule has 0 aromatic heterocycles. The van der Waals surface area contributed by atoms with E-state index in [1.165, 1.54) is 0 Å². The number of nitrogens with one attached hydrogen (secondary N) is 1. The van der Waals surface area contributed by atoms with Gasteiger partial charge in [-0.25, -0.2) is 0 Å². The second kappa shape index (κ2) is 8.51. The molecule has 3 aliphatic rings. The van der Waals surface area contributed by atoms with Crippen molar-refractivity contribution in [2.45, 2.75) is 58.5 Å². The van der Waals surface area contributed by atoms with Gasteiger partial charge in [0.2, 0.25) is 5.95 Å². The van der Waals surface area contributed by atoms with Gasteiger partial charge in [-0.15, -0.1) is 5.10 Å².